The Bertz CT molecular complexity index is 340. The fraction of sp³-hybridized carbons (Fsp3) is 0.643. The predicted octanol–water partition coefficient (Wildman–Crippen LogP) is 3.77. The molecule has 0 spiro atoms. The number of nitrogens with zero attached hydrogens (tertiary/aromatic N) is 1. The van der Waals surface area contributed by atoms with E-state index in [1.54, 1.807) is 0 Å². The van der Waals surface area contributed by atoms with Gasteiger partial charge in [-0.3, -0.25) is 4.98 Å². The quantitative estimate of drug-likeness (QED) is 0.835. The van der Waals surface area contributed by atoms with Gasteiger partial charge in [0, 0.05) is 24.1 Å². The zero-order valence-electron chi connectivity index (χ0n) is 10.4. The molecule has 1 heterocycles. The first-order valence-electron chi connectivity index (χ1n) is 6.35. The molecule has 88 valence electrons. The molecule has 1 aliphatic rings. The molecule has 16 heavy (non-hydrogen) atoms. The Morgan fingerprint density at radius 1 is 1.31 bits per heavy atom. The first-order valence-corrected chi connectivity index (χ1v) is 6.35. The van der Waals surface area contributed by atoms with Crippen LogP contribution in [0.4, 0.5) is 5.69 Å². The van der Waals surface area contributed by atoms with Crippen molar-refractivity contribution in [2.45, 2.75) is 46.0 Å². The highest BCUT2D eigenvalue weighted by atomic mass is 14.9. The first kappa shape index (κ1) is 11.4. The second-order valence-electron chi connectivity index (χ2n) is 5.41. The number of hydrogen-bond donors (Lipinski definition) is 1. The van der Waals surface area contributed by atoms with E-state index in [-0.39, 0.29) is 0 Å². The highest BCUT2D eigenvalue weighted by Gasteiger charge is 2.26. The second kappa shape index (κ2) is 4.86. The zero-order chi connectivity index (χ0) is 11.4. The van der Waals surface area contributed by atoms with Crippen LogP contribution in [-0.2, 0) is 0 Å². The van der Waals surface area contributed by atoms with Gasteiger partial charge in [0.25, 0.3) is 0 Å². The third-order valence-corrected chi connectivity index (χ3v) is 3.68. The van der Waals surface area contributed by atoms with Gasteiger partial charge in [-0.1, -0.05) is 26.2 Å². The van der Waals surface area contributed by atoms with Crippen molar-refractivity contribution in [1.82, 2.24) is 4.98 Å². The van der Waals surface area contributed by atoms with Gasteiger partial charge in [-0.05, 0) is 37.3 Å². The number of hydrogen-bond acceptors (Lipinski definition) is 2. The average molecular weight is 218 g/mol. The Morgan fingerprint density at radius 3 is 2.75 bits per heavy atom. The molecule has 2 nitrogen and oxygen atoms in total. The lowest BCUT2D eigenvalue weighted by atomic mass is 9.76. The standard InChI is InChI=1S/C14H22N2/c1-12-10-13(6-9-15-12)16-11-14(2)7-4-3-5-8-14/h6,9-10H,3-5,7-8,11H2,1-2H3,(H,15,16). The number of aromatic nitrogens is 1. The van der Waals surface area contributed by atoms with Gasteiger partial charge in [-0.25, -0.2) is 0 Å². The molecule has 0 aliphatic heterocycles. The highest BCUT2D eigenvalue weighted by molar-refractivity contribution is 5.43. The second-order valence-corrected chi connectivity index (χ2v) is 5.41. The number of pyridine rings is 1. The van der Waals surface area contributed by atoms with Crippen molar-refractivity contribution in [3.05, 3.63) is 24.0 Å². The number of anilines is 1. The summed E-state index contributed by atoms with van der Waals surface area (Å²) in [6, 6.07) is 4.17. The van der Waals surface area contributed by atoms with Crippen LogP contribution in [0.3, 0.4) is 0 Å². The Hall–Kier alpha value is -1.05. The number of aryl methyl sites for hydroxylation is 1. The van der Waals surface area contributed by atoms with Crippen LogP contribution >= 0.6 is 0 Å². The van der Waals surface area contributed by atoms with Gasteiger partial charge < -0.3 is 5.32 Å². The molecule has 0 atom stereocenters. The van der Waals surface area contributed by atoms with Gasteiger partial charge >= 0.3 is 0 Å². The van der Waals surface area contributed by atoms with E-state index in [1.807, 2.05) is 13.1 Å². The summed E-state index contributed by atoms with van der Waals surface area (Å²) in [5, 5.41) is 3.56. The van der Waals surface area contributed by atoms with Crippen molar-refractivity contribution in [1.29, 1.82) is 0 Å². The molecular formula is C14H22N2. The van der Waals surface area contributed by atoms with E-state index in [9.17, 15) is 0 Å². The Balaban J connectivity index is 1.91. The molecule has 1 saturated carbocycles. The summed E-state index contributed by atoms with van der Waals surface area (Å²) in [5.41, 5.74) is 2.79. The molecular weight excluding hydrogens is 196 g/mol. The molecule has 0 radical (unpaired) electrons. The molecule has 0 bridgehead atoms. The minimum Gasteiger partial charge on any atom is -0.384 e. The van der Waals surface area contributed by atoms with Crippen molar-refractivity contribution in [2.75, 3.05) is 11.9 Å². The van der Waals surface area contributed by atoms with Crippen molar-refractivity contribution in [3.63, 3.8) is 0 Å². The van der Waals surface area contributed by atoms with E-state index in [0.29, 0.717) is 5.41 Å². The van der Waals surface area contributed by atoms with E-state index in [0.717, 1.165) is 12.2 Å². The lowest BCUT2D eigenvalue weighted by molar-refractivity contribution is 0.233. The van der Waals surface area contributed by atoms with Crippen LogP contribution in [-0.4, -0.2) is 11.5 Å². The molecule has 0 aromatic carbocycles. The summed E-state index contributed by atoms with van der Waals surface area (Å²) in [5.74, 6) is 0. The van der Waals surface area contributed by atoms with Crippen LogP contribution in [0, 0.1) is 12.3 Å². The van der Waals surface area contributed by atoms with E-state index >= 15 is 0 Å². The van der Waals surface area contributed by atoms with Gasteiger partial charge in [0.15, 0.2) is 0 Å². The molecule has 2 heteroatoms. The Morgan fingerprint density at radius 2 is 2.06 bits per heavy atom. The SMILES string of the molecule is Cc1cc(NCC2(C)CCCCC2)ccn1. The third-order valence-electron chi connectivity index (χ3n) is 3.68. The van der Waals surface area contributed by atoms with Crippen LogP contribution < -0.4 is 5.32 Å². The summed E-state index contributed by atoms with van der Waals surface area (Å²) in [6.45, 7) is 5.54. The molecule has 2 rings (SSSR count). The fourth-order valence-electron chi connectivity index (χ4n) is 2.55. The molecule has 1 N–H and O–H groups in total. The minimum atomic E-state index is 0.495. The largest absolute Gasteiger partial charge is 0.384 e. The van der Waals surface area contributed by atoms with Crippen LogP contribution in [0.15, 0.2) is 18.3 Å². The highest BCUT2D eigenvalue weighted by Crippen LogP contribution is 2.35. The predicted molar refractivity (Wildman–Crippen MR) is 68.7 cm³/mol. The van der Waals surface area contributed by atoms with E-state index < -0.39 is 0 Å². The maximum atomic E-state index is 4.21. The van der Waals surface area contributed by atoms with Crippen molar-refractivity contribution < 1.29 is 0 Å². The lowest BCUT2D eigenvalue weighted by Crippen LogP contribution is -2.28. The minimum absolute atomic E-state index is 0.495. The number of rotatable bonds is 3. The molecule has 1 aliphatic carbocycles. The lowest BCUT2D eigenvalue weighted by Gasteiger charge is -2.34. The average Bonchev–Trinajstić information content (AvgIpc) is 2.28. The van der Waals surface area contributed by atoms with Gasteiger partial charge in [-0.15, -0.1) is 0 Å². The molecule has 1 aromatic heterocycles. The molecule has 0 unspecified atom stereocenters. The van der Waals surface area contributed by atoms with E-state index in [2.05, 4.69) is 29.4 Å². The Labute approximate surface area is 98.5 Å². The van der Waals surface area contributed by atoms with Crippen LogP contribution in [0.2, 0.25) is 0 Å². The summed E-state index contributed by atoms with van der Waals surface area (Å²) in [4.78, 5) is 4.21. The molecule has 1 fully saturated rings. The van der Waals surface area contributed by atoms with Gasteiger partial charge in [-0.2, -0.15) is 0 Å². The van der Waals surface area contributed by atoms with Gasteiger partial charge in [0.1, 0.15) is 0 Å². The van der Waals surface area contributed by atoms with Crippen LogP contribution in [0.1, 0.15) is 44.7 Å². The third kappa shape index (κ3) is 2.97. The molecule has 1 aromatic rings. The first-order chi connectivity index (χ1) is 7.68. The van der Waals surface area contributed by atoms with Crippen molar-refractivity contribution in [2.24, 2.45) is 5.41 Å². The van der Waals surface area contributed by atoms with E-state index in [1.165, 1.54) is 37.8 Å². The zero-order valence-corrected chi connectivity index (χ0v) is 10.4. The topological polar surface area (TPSA) is 24.9 Å². The molecule has 0 amide bonds. The Kier molecular flexibility index (Phi) is 3.47. The van der Waals surface area contributed by atoms with E-state index in [4.69, 9.17) is 0 Å². The number of nitrogens with one attached hydrogen (secondary N) is 1. The van der Waals surface area contributed by atoms with Crippen LogP contribution in [0.5, 0.6) is 0 Å². The summed E-state index contributed by atoms with van der Waals surface area (Å²) < 4.78 is 0. The summed E-state index contributed by atoms with van der Waals surface area (Å²) >= 11 is 0. The molecule has 0 saturated heterocycles. The van der Waals surface area contributed by atoms with Crippen LogP contribution in [0.25, 0.3) is 0 Å². The normalized spacial score (nSPS) is 19.4. The maximum Gasteiger partial charge on any atom is 0.0393 e. The van der Waals surface area contributed by atoms with Gasteiger partial charge in [0.05, 0.1) is 0 Å². The maximum absolute atomic E-state index is 4.21. The fourth-order valence-corrected chi connectivity index (χ4v) is 2.55. The summed E-state index contributed by atoms with van der Waals surface area (Å²) in [7, 11) is 0. The van der Waals surface area contributed by atoms with Crippen molar-refractivity contribution in [3.8, 4) is 0 Å². The smallest absolute Gasteiger partial charge is 0.0393 e. The van der Waals surface area contributed by atoms with Crippen molar-refractivity contribution >= 4 is 5.69 Å². The monoisotopic (exact) mass is 218 g/mol. The summed E-state index contributed by atoms with van der Waals surface area (Å²) in [6.07, 6.45) is 8.82. The van der Waals surface area contributed by atoms with Gasteiger partial charge in [0.2, 0.25) is 0 Å².